The second-order valence-electron chi connectivity index (χ2n) is 3.84. The number of hydrogen-bond acceptors (Lipinski definition) is 2. The highest BCUT2D eigenvalue weighted by Crippen LogP contribution is 2.58. The molecule has 0 aliphatic heterocycles. The molecule has 2 N–H and O–H groups in total. The van der Waals surface area contributed by atoms with Crippen LogP contribution in [0.25, 0.3) is 0 Å². The van der Waals surface area contributed by atoms with E-state index in [-0.39, 0.29) is 18.5 Å². The molecule has 82 valence electrons. The van der Waals surface area contributed by atoms with E-state index in [1.165, 1.54) is 12.3 Å². The summed E-state index contributed by atoms with van der Waals surface area (Å²) in [5.74, 6) is 0. The van der Waals surface area contributed by atoms with E-state index < -0.39 is 11.6 Å². The van der Waals surface area contributed by atoms with Crippen molar-refractivity contribution in [1.82, 2.24) is 4.98 Å². The lowest BCUT2D eigenvalue weighted by atomic mass is 10.0. The Morgan fingerprint density at radius 1 is 1.33 bits per heavy atom. The highest BCUT2D eigenvalue weighted by atomic mass is 19.4. The molecule has 0 amide bonds. The van der Waals surface area contributed by atoms with Gasteiger partial charge in [0.05, 0.1) is 5.69 Å². The van der Waals surface area contributed by atoms with Gasteiger partial charge in [0.1, 0.15) is 5.41 Å². The van der Waals surface area contributed by atoms with Crippen LogP contribution in [-0.2, 0) is 12.0 Å². The van der Waals surface area contributed by atoms with Gasteiger partial charge in [0.25, 0.3) is 0 Å². The topological polar surface area (TPSA) is 38.9 Å². The van der Waals surface area contributed by atoms with Crippen LogP contribution < -0.4 is 5.73 Å². The van der Waals surface area contributed by atoms with Gasteiger partial charge in [-0.1, -0.05) is 6.07 Å². The monoisotopic (exact) mass is 216 g/mol. The first-order valence-corrected chi connectivity index (χ1v) is 4.72. The van der Waals surface area contributed by atoms with E-state index in [1.54, 1.807) is 6.07 Å². The molecule has 1 saturated carbocycles. The van der Waals surface area contributed by atoms with Gasteiger partial charge in [0, 0.05) is 12.7 Å². The molecule has 0 bridgehead atoms. The zero-order valence-electron chi connectivity index (χ0n) is 8.01. The first kappa shape index (κ1) is 10.4. The SMILES string of the molecule is NCc1ccc(C2(C(F)(F)F)CC2)nc1. The van der Waals surface area contributed by atoms with Gasteiger partial charge in [-0.25, -0.2) is 0 Å². The van der Waals surface area contributed by atoms with Crippen molar-refractivity contribution in [3.05, 3.63) is 29.6 Å². The average Bonchev–Trinajstić information content (AvgIpc) is 2.98. The molecule has 5 heteroatoms. The van der Waals surface area contributed by atoms with Crippen LogP contribution in [0.1, 0.15) is 24.1 Å². The predicted molar refractivity (Wildman–Crippen MR) is 49.1 cm³/mol. The number of rotatable bonds is 2. The minimum absolute atomic E-state index is 0.118. The second-order valence-corrected chi connectivity index (χ2v) is 3.84. The third kappa shape index (κ3) is 1.61. The zero-order chi connectivity index (χ0) is 11.1. The first-order chi connectivity index (χ1) is 6.99. The summed E-state index contributed by atoms with van der Waals surface area (Å²) in [7, 11) is 0. The lowest BCUT2D eigenvalue weighted by Crippen LogP contribution is -2.29. The fourth-order valence-electron chi connectivity index (χ4n) is 1.64. The Balaban J connectivity index is 2.30. The molecule has 2 nitrogen and oxygen atoms in total. The van der Waals surface area contributed by atoms with Crippen molar-refractivity contribution in [2.75, 3.05) is 0 Å². The Morgan fingerprint density at radius 2 is 2.00 bits per heavy atom. The van der Waals surface area contributed by atoms with Crippen molar-refractivity contribution in [1.29, 1.82) is 0 Å². The first-order valence-electron chi connectivity index (χ1n) is 4.72. The highest BCUT2D eigenvalue weighted by Gasteiger charge is 2.65. The standard InChI is InChI=1S/C10H11F3N2/c11-10(12,13)9(3-4-9)8-2-1-7(5-14)6-15-8/h1-2,6H,3-5,14H2. The van der Waals surface area contributed by atoms with E-state index in [0.29, 0.717) is 6.54 Å². The summed E-state index contributed by atoms with van der Waals surface area (Å²) in [4.78, 5) is 3.85. The van der Waals surface area contributed by atoms with E-state index in [4.69, 9.17) is 5.73 Å². The molecule has 1 aromatic rings. The van der Waals surface area contributed by atoms with Gasteiger partial charge in [-0.2, -0.15) is 13.2 Å². The Morgan fingerprint density at radius 3 is 2.33 bits per heavy atom. The number of pyridine rings is 1. The molecular formula is C10H11F3N2. The van der Waals surface area contributed by atoms with Crippen molar-refractivity contribution >= 4 is 0 Å². The molecule has 0 spiro atoms. The van der Waals surface area contributed by atoms with E-state index in [0.717, 1.165) is 5.56 Å². The van der Waals surface area contributed by atoms with Crippen molar-refractivity contribution < 1.29 is 13.2 Å². The van der Waals surface area contributed by atoms with Crippen molar-refractivity contribution in [2.45, 2.75) is 31.0 Å². The molecular weight excluding hydrogens is 205 g/mol. The van der Waals surface area contributed by atoms with Gasteiger partial charge in [-0.3, -0.25) is 4.98 Å². The van der Waals surface area contributed by atoms with Gasteiger partial charge in [0.15, 0.2) is 0 Å². The third-order valence-electron chi connectivity index (χ3n) is 2.84. The summed E-state index contributed by atoms with van der Waals surface area (Å²) in [5.41, 5.74) is 4.53. The van der Waals surface area contributed by atoms with Gasteiger partial charge in [-0.05, 0) is 24.5 Å². The van der Waals surface area contributed by atoms with Crippen LogP contribution in [0, 0.1) is 0 Å². The van der Waals surface area contributed by atoms with Gasteiger partial charge < -0.3 is 5.73 Å². The summed E-state index contributed by atoms with van der Waals surface area (Å²) in [5, 5.41) is 0. The normalized spacial score (nSPS) is 18.9. The average molecular weight is 216 g/mol. The lowest BCUT2D eigenvalue weighted by molar-refractivity contribution is -0.161. The second kappa shape index (κ2) is 3.20. The van der Waals surface area contributed by atoms with E-state index >= 15 is 0 Å². The smallest absolute Gasteiger partial charge is 0.326 e. The van der Waals surface area contributed by atoms with E-state index in [9.17, 15) is 13.2 Å². The summed E-state index contributed by atoms with van der Waals surface area (Å²) in [6, 6.07) is 3.04. The molecule has 1 fully saturated rings. The Hall–Kier alpha value is -1.10. The van der Waals surface area contributed by atoms with Crippen molar-refractivity contribution in [2.24, 2.45) is 5.73 Å². The van der Waals surface area contributed by atoms with Crippen LogP contribution in [0.4, 0.5) is 13.2 Å². The molecule has 1 aliphatic rings. The van der Waals surface area contributed by atoms with Gasteiger partial charge in [-0.15, -0.1) is 0 Å². The molecule has 0 unspecified atom stereocenters. The van der Waals surface area contributed by atoms with Crippen LogP contribution in [0.3, 0.4) is 0 Å². The number of halogens is 3. The maximum atomic E-state index is 12.7. The van der Waals surface area contributed by atoms with E-state index in [1.807, 2.05) is 0 Å². The Kier molecular flexibility index (Phi) is 2.22. The molecule has 0 aromatic carbocycles. The largest absolute Gasteiger partial charge is 0.399 e. The highest BCUT2D eigenvalue weighted by molar-refractivity contribution is 5.29. The minimum atomic E-state index is -4.19. The molecule has 0 saturated heterocycles. The van der Waals surface area contributed by atoms with E-state index in [2.05, 4.69) is 4.98 Å². The Bertz CT molecular complexity index is 352. The third-order valence-corrected chi connectivity index (χ3v) is 2.84. The molecule has 1 heterocycles. The summed E-state index contributed by atoms with van der Waals surface area (Å²) in [6.07, 6.45) is -2.48. The van der Waals surface area contributed by atoms with Crippen LogP contribution in [0.2, 0.25) is 0 Å². The fourth-order valence-corrected chi connectivity index (χ4v) is 1.64. The van der Waals surface area contributed by atoms with Crippen LogP contribution in [0.15, 0.2) is 18.3 Å². The molecule has 1 aliphatic carbocycles. The summed E-state index contributed by atoms with van der Waals surface area (Å²) < 4.78 is 38.1. The quantitative estimate of drug-likeness (QED) is 0.822. The predicted octanol–water partition coefficient (Wildman–Crippen LogP) is 2.13. The molecule has 15 heavy (non-hydrogen) atoms. The fraction of sp³-hybridized carbons (Fsp3) is 0.500. The van der Waals surface area contributed by atoms with Crippen molar-refractivity contribution in [3.8, 4) is 0 Å². The number of hydrogen-bond donors (Lipinski definition) is 1. The number of alkyl halides is 3. The number of nitrogens with zero attached hydrogens (tertiary/aromatic N) is 1. The molecule has 0 radical (unpaired) electrons. The number of aromatic nitrogens is 1. The van der Waals surface area contributed by atoms with Crippen LogP contribution in [-0.4, -0.2) is 11.2 Å². The number of nitrogens with two attached hydrogens (primary N) is 1. The zero-order valence-corrected chi connectivity index (χ0v) is 8.01. The van der Waals surface area contributed by atoms with Crippen LogP contribution in [0.5, 0.6) is 0 Å². The van der Waals surface area contributed by atoms with Crippen molar-refractivity contribution in [3.63, 3.8) is 0 Å². The minimum Gasteiger partial charge on any atom is -0.326 e. The lowest BCUT2D eigenvalue weighted by Gasteiger charge is -2.18. The molecule has 1 aromatic heterocycles. The Labute approximate surface area is 85.3 Å². The molecule has 2 rings (SSSR count). The summed E-state index contributed by atoms with van der Waals surface area (Å²) in [6.45, 7) is 0.298. The molecule has 0 atom stereocenters. The maximum absolute atomic E-state index is 12.7. The summed E-state index contributed by atoms with van der Waals surface area (Å²) >= 11 is 0. The maximum Gasteiger partial charge on any atom is 0.399 e. The van der Waals surface area contributed by atoms with Crippen LogP contribution >= 0.6 is 0 Å². The van der Waals surface area contributed by atoms with Gasteiger partial charge >= 0.3 is 6.18 Å². The van der Waals surface area contributed by atoms with Gasteiger partial charge in [0.2, 0.25) is 0 Å².